The van der Waals surface area contributed by atoms with E-state index in [1.807, 2.05) is 0 Å². The van der Waals surface area contributed by atoms with E-state index in [9.17, 15) is 17.2 Å². The van der Waals surface area contributed by atoms with Gasteiger partial charge in [-0.2, -0.15) is 0 Å². The molecule has 0 aliphatic carbocycles. The fourth-order valence-corrected chi connectivity index (χ4v) is 1.63. The average Bonchev–Trinajstić information content (AvgIpc) is 2.06. The van der Waals surface area contributed by atoms with Crippen LogP contribution in [0, 0.1) is 6.92 Å². The summed E-state index contributed by atoms with van der Waals surface area (Å²) in [5.74, 6) is -0.876. The van der Waals surface area contributed by atoms with Gasteiger partial charge in [-0.3, -0.25) is 0 Å². The zero-order valence-electron chi connectivity index (χ0n) is 7.61. The van der Waals surface area contributed by atoms with E-state index in [1.54, 1.807) is 0 Å². The number of hydrogen-bond donors (Lipinski definition) is 2. The van der Waals surface area contributed by atoms with Crippen LogP contribution in [-0.4, -0.2) is 18.5 Å². The number of nitrogens with two attached hydrogens (primary N) is 1. The van der Waals surface area contributed by atoms with Gasteiger partial charge in [0, 0.05) is 11.3 Å². The first-order chi connectivity index (χ1) is 6.73. The highest BCUT2D eigenvalue weighted by molar-refractivity contribution is 7.89. The molecule has 1 aromatic heterocycles. The third-order valence-electron chi connectivity index (χ3n) is 1.70. The molecule has 0 radical (unpaired) electrons. The fourth-order valence-electron chi connectivity index (χ4n) is 1.02. The van der Waals surface area contributed by atoms with E-state index in [0.29, 0.717) is 6.07 Å². The zero-order valence-corrected chi connectivity index (χ0v) is 8.42. The van der Waals surface area contributed by atoms with E-state index in [0.717, 1.165) is 0 Å². The molecule has 1 rings (SSSR count). The van der Waals surface area contributed by atoms with Crippen LogP contribution in [-0.2, 0) is 10.0 Å². The molecular formula is C7H8F2N2O3S. The molecule has 1 heterocycles. The zero-order chi connectivity index (χ0) is 11.8. The van der Waals surface area contributed by atoms with Crippen LogP contribution >= 0.6 is 0 Å². The second-order valence-electron chi connectivity index (χ2n) is 2.83. The van der Waals surface area contributed by atoms with Gasteiger partial charge in [0.1, 0.15) is 0 Å². The van der Waals surface area contributed by atoms with E-state index < -0.39 is 32.8 Å². The van der Waals surface area contributed by atoms with Crippen molar-refractivity contribution < 1.29 is 22.3 Å². The summed E-state index contributed by atoms with van der Waals surface area (Å²) < 4.78 is 46.3. The highest BCUT2D eigenvalue weighted by atomic mass is 32.2. The Kier molecular flexibility index (Phi) is 2.91. The third kappa shape index (κ3) is 2.39. The van der Waals surface area contributed by atoms with Crippen LogP contribution < -0.4 is 5.14 Å². The number of aryl methyl sites for hydroxylation is 1. The molecule has 0 bridgehead atoms. The van der Waals surface area contributed by atoms with Gasteiger partial charge in [0.15, 0.2) is 5.75 Å². The summed E-state index contributed by atoms with van der Waals surface area (Å²) >= 11 is 0. The molecule has 0 saturated heterocycles. The molecule has 1 aromatic rings. The van der Waals surface area contributed by atoms with Gasteiger partial charge < -0.3 is 5.11 Å². The van der Waals surface area contributed by atoms with Gasteiger partial charge in [-0.15, -0.1) is 0 Å². The molecule has 3 N–H and O–H groups in total. The molecule has 15 heavy (non-hydrogen) atoms. The van der Waals surface area contributed by atoms with Gasteiger partial charge in [-0.1, -0.05) is 0 Å². The first-order valence-corrected chi connectivity index (χ1v) is 5.29. The summed E-state index contributed by atoms with van der Waals surface area (Å²) in [6, 6.07) is 0.646. The normalized spacial score (nSPS) is 12.1. The van der Waals surface area contributed by atoms with Gasteiger partial charge in [-0.05, 0) is 13.0 Å². The number of hydrogen-bond acceptors (Lipinski definition) is 4. The topological polar surface area (TPSA) is 93.3 Å². The van der Waals surface area contributed by atoms with Gasteiger partial charge in [0.25, 0.3) is 16.4 Å². The standard InChI is InChI=1S/C7H8F2N2O3S/c1-3-4(6(8)9)2-5(12)7(11-3)15(10,13)14/h2,6,12H,1H3,(H2,10,13,14). The highest BCUT2D eigenvalue weighted by Gasteiger charge is 2.21. The SMILES string of the molecule is Cc1nc(S(N)(=O)=O)c(O)cc1C(F)F. The summed E-state index contributed by atoms with van der Waals surface area (Å²) in [4.78, 5) is 3.32. The lowest BCUT2D eigenvalue weighted by Crippen LogP contribution is -2.15. The number of sulfonamides is 1. The smallest absolute Gasteiger partial charge is 0.265 e. The van der Waals surface area contributed by atoms with Crippen molar-refractivity contribution in [3.05, 3.63) is 17.3 Å². The minimum absolute atomic E-state index is 0.188. The lowest BCUT2D eigenvalue weighted by Gasteiger charge is -2.07. The van der Waals surface area contributed by atoms with Crippen LogP contribution in [0.1, 0.15) is 17.7 Å². The van der Waals surface area contributed by atoms with Crippen LogP contribution in [0.15, 0.2) is 11.1 Å². The Morgan fingerprint density at radius 2 is 2.07 bits per heavy atom. The molecule has 0 unspecified atom stereocenters. The Balaban J connectivity index is 3.46. The van der Waals surface area contributed by atoms with Crippen molar-refractivity contribution in [1.82, 2.24) is 4.98 Å². The molecule has 0 saturated carbocycles. The molecular weight excluding hydrogens is 230 g/mol. The largest absolute Gasteiger partial charge is 0.505 e. The first-order valence-electron chi connectivity index (χ1n) is 3.75. The Labute approximate surface area is 84.6 Å². The van der Waals surface area contributed by atoms with Crippen LogP contribution in [0.4, 0.5) is 8.78 Å². The minimum Gasteiger partial charge on any atom is -0.505 e. The van der Waals surface area contributed by atoms with E-state index >= 15 is 0 Å². The van der Waals surface area contributed by atoms with Crippen LogP contribution in [0.5, 0.6) is 5.75 Å². The summed E-state index contributed by atoms with van der Waals surface area (Å²) in [5.41, 5.74) is -0.716. The lowest BCUT2D eigenvalue weighted by molar-refractivity contribution is 0.149. The molecule has 8 heteroatoms. The van der Waals surface area contributed by atoms with Crippen molar-refractivity contribution in [2.45, 2.75) is 18.4 Å². The summed E-state index contributed by atoms with van der Waals surface area (Å²) in [6.45, 7) is 1.20. The highest BCUT2D eigenvalue weighted by Crippen LogP contribution is 2.28. The lowest BCUT2D eigenvalue weighted by atomic mass is 10.2. The molecule has 0 fully saturated rings. The average molecular weight is 238 g/mol. The van der Waals surface area contributed by atoms with Crippen molar-refractivity contribution in [2.24, 2.45) is 5.14 Å². The van der Waals surface area contributed by atoms with Crippen LogP contribution in [0.2, 0.25) is 0 Å². The molecule has 5 nitrogen and oxygen atoms in total. The maximum Gasteiger partial charge on any atom is 0.265 e. The van der Waals surface area contributed by atoms with Crippen molar-refractivity contribution >= 4 is 10.0 Å². The molecule has 0 atom stereocenters. The van der Waals surface area contributed by atoms with Crippen LogP contribution in [0.25, 0.3) is 0 Å². The quantitative estimate of drug-likeness (QED) is 0.792. The van der Waals surface area contributed by atoms with E-state index in [4.69, 9.17) is 10.2 Å². The van der Waals surface area contributed by atoms with Gasteiger partial charge in [0.05, 0.1) is 0 Å². The van der Waals surface area contributed by atoms with Crippen molar-refractivity contribution in [1.29, 1.82) is 0 Å². The van der Waals surface area contributed by atoms with Crippen molar-refractivity contribution in [2.75, 3.05) is 0 Å². The van der Waals surface area contributed by atoms with Crippen LogP contribution in [0.3, 0.4) is 0 Å². The summed E-state index contributed by atoms with van der Waals surface area (Å²) in [7, 11) is -4.20. The molecule has 84 valence electrons. The van der Waals surface area contributed by atoms with E-state index in [2.05, 4.69) is 4.98 Å². The Morgan fingerprint density at radius 1 is 1.53 bits per heavy atom. The van der Waals surface area contributed by atoms with Gasteiger partial charge in [0.2, 0.25) is 5.03 Å². The summed E-state index contributed by atoms with van der Waals surface area (Å²) in [5, 5.41) is 13.1. The number of nitrogens with zero attached hydrogens (tertiary/aromatic N) is 1. The molecule has 0 spiro atoms. The molecule has 0 aliphatic heterocycles. The number of pyridine rings is 1. The predicted molar refractivity (Wildman–Crippen MR) is 47.0 cm³/mol. The van der Waals surface area contributed by atoms with E-state index in [1.165, 1.54) is 6.92 Å². The Morgan fingerprint density at radius 3 is 2.47 bits per heavy atom. The Bertz CT molecular complexity index is 487. The van der Waals surface area contributed by atoms with Gasteiger partial charge >= 0.3 is 0 Å². The Hall–Kier alpha value is -1.28. The number of aromatic hydroxyl groups is 1. The molecule has 0 aromatic carbocycles. The number of alkyl halides is 2. The third-order valence-corrected chi connectivity index (χ3v) is 2.54. The molecule has 0 aliphatic rings. The monoisotopic (exact) mass is 238 g/mol. The maximum atomic E-state index is 12.3. The van der Waals surface area contributed by atoms with Crippen molar-refractivity contribution in [3.8, 4) is 5.75 Å². The minimum atomic E-state index is -4.20. The second kappa shape index (κ2) is 3.70. The number of halogens is 2. The van der Waals surface area contributed by atoms with Gasteiger partial charge in [-0.25, -0.2) is 27.3 Å². The first kappa shape index (κ1) is 11.8. The number of rotatable bonds is 2. The fraction of sp³-hybridized carbons (Fsp3) is 0.286. The number of aromatic nitrogens is 1. The summed E-state index contributed by atoms with van der Waals surface area (Å²) in [6.07, 6.45) is -2.84. The maximum absolute atomic E-state index is 12.3. The molecule has 0 amide bonds. The predicted octanol–water partition coefficient (Wildman–Crippen LogP) is 0.681. The van der Waals surface area contributed by atoms with Crippen molar-refractivity contribution in [3.63, 3.8) is 0 Å². The van der Waals surface area contributed by atoms with E-state index in [-0.39, 0.29) is 5.69 Å². The number of primary sulfonamides is 1. The second-order valence-corrected chi connectivity index (χ2v) is 4.31.